The minimum absolute atomic E-state index is 0.00429. The van der Waals surface area contributed by atoms with Gasteiger partial charge in [-0.2, -0.15) is 0 Å². The molecular formula is C13H16N4O2. The lowest BCUT2D eigenvalue weighted by Gasteiger charge is -2.04. The van der Waals surface area contributed by atoms with E-state index in [1.54, 1.807) is 4.68 Å². The Kier molecular flexibility index (Phi) is 3.79. The third-order valence-corrected chi connectivity index (χ3v) is 2.74. The van der Waals surface area contributed by atoms with Crippen LogP contribution in [0.15, 0.2) is 36.5 Å². The number of nitro groups is 1. The van der Waals surface area contributed by atoms with Gasteiger partial charge in [-0.1, -0.05) is 30.3 Å². The summed E-state index contributed by atoms with van der Waals surface area (Å²) in [7, 11) is 0. The van der Waals surface area contributed by atoms with Crippen molar-refractivity contribution < 1.29 is 4.92 Å². The van der Waals surface area contributed by atoms with Crippen molar-refractivity contribution in [3.05, 3.63) is 52.2 Å². The predicted molar refractivity (Wildman–Crippen MR) is 73.0 cm³/mol. The Hall–Kier alpha value is -2.37. The lowest BCUT2D eigenvalue weighted by molar-refractivity contribution is -0.384. The zero-order chi connectivity index (χ0) is 13.8. The average molecular weight is 260 g/mol. The number of benzene rings is 1. The van der Waals surface area contributed by atoms with E-state index < -0.39 is 4.92 Å². The molecule has 2 aromatic rings. The second-order valence-electron chi connectivity index (χ2n) is 4.53. The number of anilines is 1. The lowest BCUT2D eigenvalue weighted by Crippen LogP contribution is -2.04. The summed E-state index contributed by atoms with van der Waals surface area (Å²) in [5.74, 6) is 0.308. The van der Waals surface area contributed by atoms with Gasteiger partial charge >= 0.3 is 5.69 Å². The zero-order valence-electron chi connectivity index (χ0n) is 10.9. The first-order valence-electron chi connectivity index (χ1n) is 6.09. The molecule has 0 atom stereocenters. The minimum atomic E-state index is -0.417. The first-order valence-corrected chi connectivity index (χ1v) is 6.09. The van der Waals surface area contributed by atoms with E-state index in [0.29, 0.717) is 12.4 Å². The van der Waals surface area contributed by atoms with Crippen LogP contribution in [0, 0.1) is 10.1 Å². The third kappa shape index (κ3) is 3.09. The summed E-state index contributed by atoms with van der Waals surface area (Å²) in [5.41, 5.74) is 1.06. The molecular weight excluding hydrogens is 244 g/mol. The molecule has 0 amide bonds. The van der Waals surface area contributed by atoms with Crippen molar-refractivity contribution in [3.8, 4) is 0 Å². The Balaban J connectivity index is 2.17. The highest BCUT2D eigenvalue weighted by molar-refractivity contribution is 5.54. The van der Waals surface area contributed by atoms with Gasteiger partial charge in [0.15, 0.2) is 0 Å². The van der Waals surface area contributed by atoms with Crippen LogP contribution >= 0.6 is 0 Å². The highest BCUT2D eigenvalue weighted by atomic mass is 16.6. The number of aromatic nitrogens is 2. The van der Waals surface area contributed by atoms with Gasteiger partial charge in [-0.15, -0.1) is 5.10 Å². The summed E-state index contributed by atoms with van der Waals surface area (Å²) in [6, 6.07) is 9.79. The van der Waals surface area contributed by atoms with Gasteiger partial charge in [-0.3, -0.25) is 14.8 Å². The first kappa shape index (κ1) is 13.1. The van der Waals surface area contributed by atoms with Gasteiger partial charge in [0.05, 0.1) is 4.92 Å². The molecule has 1 heterocycles. The highest BCUT2D eigenvalue weighted by Gasteiger charge is 2.20. The summed E-state index contributed by atoms with van der Waals surface area (Å²) in [6.45, 7) is 4.37. The SMILES string of the molecule is CC(C)n1cc([N+](=O)[O-])c(NCc2ccccc2)n1. The van der Waals surface area contributed by atoms with Gasteiger partial charge < -0.3 is 5.32 Å². The van der Waals surface area contributed by atoms with Crippen molar-refractivity contribution in [3.63, 3.8) is 0 Å². The van der Waals surface area contributed by atoms with Crippen LogP contribution in [-0.2, 0) is 6.54 Å². The van der Waals surface area contributed by atoms with E-state index in [1.165, 1.54) is 6.20 Å². The maximum atomic E-state index is 11.0. The van der Waals surface area contributed by atoms with Gasteiger partial charge in [-0.05, 0) is 19.4 Å². The van der Waals surface area contributed by atoms with Crippen LogP contribution in [0.25, 0.3) is 0 Å². The van der Waals surface area contributed by atoms with E-state index in [2.05, 4.69) is 10.4 Å². The number of nitrogens with zero attached hydrogens (tertiary/aromatic N) is 3. The van der Waals surface area contributed by atoms with Crippen molar-refractivity contribution in [2.45, 2.75) is 26.4 Å². The third-order valence-electron chi connectivity index (χ3n) is 2.74. The molecule has 100 valence electrons. The zero-order valence-corrected chi connectivity index (χ0v) is 10.9. The minimum Gasteiger partial charge on any atom is -0.359 e. The van der Waals surface area contributed by atoms with E-state index >= 15 is 0 Å². The van der Waals surface area contributed by atoms with Crippen LogP contribution < -0.4 is 5.32 Å². The Labute approximate surface area is 111 Å². The molecule has 1 aromatic carbocycles. The number of nitrogens with one attached hydrogen (secondary N) is 1. The quantitative estimate of drug-likeness (QED) is 0.662. The van der Waals surface area contributed by atoms with Crippen molar-refractivity contribution in [1.82, 2.24) is 9.78 Å². The maximum absolute atomic E-state index is 11.0. The van der Waals surface area contributed by atoms with Gasteiger partial charge in [0, 0.05) is 12.6 Å². The van der Waals surface area contributed by atoms with Gasteiger partial charge in [0.25, 0.3) is 0 Å². The van der Waals surface area contributed by atoms with Crippen LogP contribution in [-0.4, -0.2) is 14.7 Å². The fourth-order valence-electron chi connectivity index (χ4n) is 1.69. The molecule has 1 aromatic heterocycles. The van der Waals surface area contributed by atoms with E-state index in [1.807, 2.05) is 44.2 Å². The molecule has 0 bridgehead atoms. The number of hydrogen-bond donors (Lipinski definition) is 1. The normalized spacial score (nSPS) is 10.7. The van der Waals surface area contributed by atoms with Gasteiger partial charge in [0.1, 0.15) is 6.20 Å². The Bertz CT molecular complexity index is 563. The van der Waals surface area contributed by atoms with Gasteiger partial charge in [0.2, 0.25) is 5.82 Å². The summed E-state index contributed by atoms with van der Waals surface area (Å²) >= 11 is 0. The molecule has 0 spiro atoms. The summed E-state index contributed by atoms with van der Waals surface area (Å²) < 4.78 is 1.59. The molecule has 19 heavy (non-hydrogen) atoms. The second-order valence-corrected chi connectivity index (χ2v) is 4.53. The highest BCUT2D eigenvalue weighted by Crippen LogP contribution is 2.24. The molecule has 0 saturated carbocycles. The molecule has 0 aliphatic rings. The maximum Gasteiger partial charge on any atom is 0.330 e. The lowest BCUT2D eigenvalue weighted by atomic mass is 10.2. The van der Waals surface area contributed by atoms with Crippen molar-refractivity contribution in [2.24, 2.45) is 0 Å². The topological polar surface area (TPSA) is 73.0 Å². The Morgan fingerprint density at radius 3 is 2.63 bits per heavy atom. The van der Waals surface area contributed by atoms with Gasteiger partial charge in [-0.25, -0.2) is 0 Å². The van der Waals surface area contributed by atoms with Crippen LogP contribution in [0.1, 0.15) is 25.5 Å². The van der Waals surface area contributed by atoms with Crippen LogP contribution in [0.2, 0.25) is 0 Å². The molecule has 2 rings (SSSR count). The number of rotatable bonds is 5. The van der Waals surface area contributed by atoms with E-state index in [4.69, 9.17) is 0 Å². The molecule has 0 aliphatic carbocycles. The van der Waals surface area contributed by atoms with E-state index in [0.717, 1.165) is 5.56 Å². The monoisotopic (exact) mass is 260 g/mol. The smallest absolute Gasteiger partial charge is 0.330 e. The van der Waals surface area contributed by atoms with E-state index in [-0.39, 0.29) is 11.7 Å². The average Bonchev–Trinajstić information content (AvgIpc) is 2.82. The standard InChI is InChI=1S/C13H16N4O2/c1-10(2)16-9-12(17(18)19)13(15-16)14-8-11-6-4-3-5-7-11/h3-7,9-10H,8H2,1-2H3,(H,14,15). The molecule has 0 radical (unpaired) electrons. The Morgan fingerprint density at radius 2 is 2.05 bits per heavy atom. The Morgan fingerprint density at radius 1 is 1.37 bits per heavy atom. The largest absolute Gasteiger partial charge is 0.359 e. The molecule has 6 nitrogen and oxygen atoms in total. The number of hydrogen-bond acceptors (Lipinski definition) is 4. The summed E-state index contributed by atoms with van der Waals surface area (Å²) in [6.07, 6.45) is 1.46. The fourth-order valence-corrected chi connectivity index (χ4v) is 1.69. The second kappa shape index (κ2) is 5.51. The van der Waals surface area contributed by atoms with Crippen LogP contribution in [0.3, 0.4) is 0 Å². The molecule has 0 fully saturated rings. The van der Waals surface area contributed by atoms with Crippen molar-refractivity contribution >= 4 is 11.5 Å². The molecule has 0 unspecified atom stereocenters. The molecule has 6 heteroatoms. The molecule has 1 N–H and O–H groups in total. The molecule has 0 saturated heterocycles. The van der Waals surface area contributed by atoms with Crippen molar-refractivity contribution in [2.75, 3.05) is 5.32 Å². The fraction of sp³-hybridized carbons (Fsp3) is 0.308. The predicted octanol–water partition coefficient (Wildman–Crippen LogP) is 2.98. The summed E-state index contributed by atoms with van der Waals surface area (Å²) in [4.78, 5) is 10.6. The van der Waals surface area contributed by atoms with E-state index in [9.17, 15) is 10.1 Å². The van der Waals surface area contributed by atoms with Crippen LogP contribution in [0.4, 0.5) is 11.5 Å². The summed E-state index contributed by atoms with van der Waals surface area (Å²) in [5, 5.41) is 18.2. The molecule has 0 aliphatic heterocycles. The van der Waals surface area contributed by atoms with Crippen molar-refractivity contribution in [1.29, 1.82) is 0 Å². The first-order chi connectivity index (χ1) is 9.08. The van der Waals surface area contributed by atoms with Crippen LogP contribution in [0.5, 0.6) is 0 Å².